The molecule has 1 aliphatic carbocycles. The van der Waals surface area contributed by atoms with Gasteiger partial charge in [0.05, 0.1) is 0 Å². The van der Waals surface area contributed by atoms with Gasteiger partial charge in [-0.1, -0.05) is 38.0 Å². The van der Waals surface area contributed by atoms with Gasteiger partial charge in [0, 0.05) is 16.2 Å². The fraction of sp³-hybridized carbons (Fsp3) is 0.647. The van der Waals surface area contributed by atoms with Crippen LogP contribution in [0.15, 0.2) is 29.2 Å². The first-order chi connectivity index (χ1) is 9.36. The number of benzene rings is 1. The molecule has 1 nitrogen and oxygen atoms in total. The first-order valence-corrected chi connectivity index (χ1v) is 8.72. The Kier molecular flexibility index (Phi) is 4.49. The van der Waals surface area contributed by atoms with Crippen LogP contribution >= 0.6 is 11.8 Å². The van der Waals surface area contributed by atoms with Gasteiger partial charge in [-0.05, 0) is 49.8 Å². The number of thioether (sulfide) groups is 1. The molecule has 0 spiro atoms. The zero-order chi connectivity index (χ0) is 13.1. The topological polar surface area (TPSA) is 12.0 Å². The molecule has 0 radical (unpaired) electrons. The van der Waals surface area contributed by atoms with E-state index in [1.165, 1.54) is 43.4 Å². The minimum Gasteiger partial charge on any atom is -0.314 e. The number of rotatable bonds is 4. The predicted molar refractivity (Wildman–Crippen MR) is 83.8 cm³/mol. The molecule has 1 N–H and O–H groups in total. The fourth-order valence-electron chi connectivity index (χ4n) is 3.74. The van der Waals surface area contributed by atoms with Crippen LogP contribution in [0.5, 0.6) is 0 Å². The molecule has 1 aromatic carbocycles. The van der Waals surface area contributed by atoms with Gasteiger partial charge < -0.3 is 5.32 Å². The highest BCUT2D eigenvalue weighted by Gasteiger charge is 2.30. The smallest absolute Gasteiger partial charge is 0.0138 e. The second-order valence-electron chi connectivity index (χ2n) is 6.00. The Labute approximate surface area is 121 Å². The van der Waals surface area contributed by atoms with E-state index in [0.717, 1.165) is 23.8 Å². The van der Waals surface area contributed by atoms with Crippen LogP contribution in [-0.4, -0.2) is 17.8 Å². The minimum absolute atomic E-state index is 0.781. The van der Waals surface area contributed by atoms with Gasteiger partial charge in [-0.2, -0.15) is 0 Å². The molecular weight excluding hydrogens is 250 g/mol. The largest absolute Gasteiger partial charge is 0.314 e. The zero-order valence-corrected chi connectivity index (χ0v) is 12.7. The highest BCUT2D eigenvalue weighted by Crippen LogP contribution is 2.41. The highest BCUT2D eigenvalue weighted by molar-refractivity contribution is 8.00. The summed E-state index contributed by atoms with van der Waals surface area (Å²) in [4.78, 5) is 1.53. The molecule has 3 unspecified atom stereocenters. The molecule has 1 heterocycles. The summed E-state index contributed by atoms with van der Waals surface area (Å²) >= 11 is 2.12. The zero-order valence-electron chi connectivity index (χ0n) is 11.9. The van der Waals surface area contributed by atoms with Gasteiger partial charge in [-0.25, -0.2) is 0 Å². The monoisotopic (exact) mass is 275 g/mol. The molecule has 1 saturated carbocycles. The third kappa shape index (κ3) is 3.17. The van der Waals surface area contributed by atoms with Gasteiger partial charge >= 0.3 is 0 Å². The molecule has 104 valence electrons. The van der Waals surface area contributed by atoms with Crippen molar-refractivity contribution in [2.24, 2.45) is 5.92 Å². The molecule has 2 aliphatic rings. The average Bonchev–Trinajstić information content (AvgIpc) is 2.83. The van der Waals surface area contributed by atoms with Crippen LogP contribution in [-0.2, 0) is 6.42 Å². The normalized spacial score (nSPS) is 30.3. The molecule has 1 aliphatic heterocycles. The fourth-order valence-corrected chi connectivity index (χ4v) is 5.17. The van der Waals surface area contributed by atoms with E-state index in [2.05, 4.69) is 48.3 Å². The molecular formula is C17H25NS. The third-order valence-corrected chi connectivity index (χ3v) is 6.00. The van der Waals surface area contributed by atoms with Crippen LogP contribution in [0.1, 0.15) is 44.6 Å². The van der Waals surface area contributed by atoms with Crippen molar-refractivity contribution >= 4 is 11.8 Å². The number of nitrogens with one attached hydrogen (secondary N) is 1. The Hall–Kier alpha value is -0.470. The quantitative estimate of drug-likeness (QED) is 0.881. The van der Waals surface area contributed by atoms with Crippen molar-refractivity contribution in [1.29, 1.82) is 0 Å². The van der Waals surface area contributed by atoms with E-state index in [0.29, 0.717) is 0 Å². The third-order valence-electron chi connectivity index (χ3n) is 4.65. The maximum atomic E-state index is 3.72. The van der Waals surface area contributed by atoms with Crippen molar-refractivity contribution in [3.63, 3.8) is 0 Å². The lowest BCUT2D eigenvalue weighted by molar-refractivity contribution is 0.251. The SMILES string of the molecule is CCNC1CCCCC1CC1Cc2ccccc2S1. The van der Waals surface area contributed by atoms with E-state index in [-0.39, 0.29) is 0 Å². The van der Waals surface area contributed by atoms with Crippen molar-refractivity contribution < 1.29 is 0 Å². The maximum Gasteiger partial charge on any atom is 0.0138 e. The molecule has 0 amide bonds. The average molecular weight is 275 g/mol. The van der Waals surface area contributed by atoms with Crippen molar-refractivity contribution in [1.82, 2.24) is 5.32 Å². The van der Waals surface area contributed by atoms with Gasteiger partial charge in [-0.15, -0.1) is 11.8 Å². The summed E-state index contributed by atoms with van der Waals surface area (Å²) in [5.41, 5.74) is 1.58. The predicted octanol–water partition coefficient (Wildman–Crippen LogP) is 4.26. The molecule has 2 heteroatoms. The van der Waals surface area contributed by atoms with Gasteiger partial charge in [0.2, 0.25) is 0 Å². The van der Waals surface area contributed by atoms with Gasteiger partial charge in [0.15, 0.2) is 0 Å². The van der Waals surface area contributed by atoms with Crippen LogP contribution in [0.25, 0.3) is 0 Å². The van der Waals surface area contributed by atoms with E-state index in [4.69, 9.17) is 0 Å². The van der Waals surface area contributed by atoms with Crippen molar-refractivity contribution in [3.8, 4) is 0 Å². The molecule has 19 heavy (non-hydrogen) atoms. The molecule has 0 bridgehead atoms. The molecule has 3 rings (SSSR count). The van der Waals surface area contributed by atoms with E-state index in [9.17, 15) is 0 Å². The summed E-state index contributed by atoms with van der Waals surface area (Å²) in [5, 5.41) is 4.54. The van der Waals surface area contributed by atoms with Gasteiger partial charge in [-0.3, -0.25) is 0 Å². The summed E-state index contributed by atoms with van der Waals surface area (Å²) < 4.78 is 0. The second-order valence-corrected chi connectivity index (χ2v) is 7.34. The lowest BCUT2D eigenvalue weighted by Crippen LogP contribution is -2.39. The molecule has 1 aromatic rings. The minimum atomic E-state index is 0.781. The first kappa shape index (κ1) is 13.5. The van der Waals surface area contributed by atoms with Crippen LogP contribution in [0.4, 0.5) is 0 Å². The van der Waals surface area contributed by atoms with Crippen LogP contribution in [0, 0.1) is 5.92 Å². The van der Waals surface area contributed by atoms with Crippen LogP contribution < -0.4 is 5.32 Å². The summed E-state index contributed by atoms with van der Waals surface area (Å²) in [6.45, 7) is 3.37. The lowest BCUT2D eigenvalue weighted by Gasteiger charge is -2.33. The lowest BCUT2D eigenvalue weighted by atomic mass is 9.81. The number of hydrogen-bond acceptors (Lipinski definition) is 2. The van der Waals surface area contributed by atoms with E-state index in [1.807, 2.05) is 0 Å². The van der Waals surface area contributed by atoms with E-state index < -0.39 is 0 Å². The standard InChI is InChI=1S/C17H25NS/c1-2-18-16-9-5-3-7-13(16)11-15-12-14-8-4-6-10-17(14)19-15/h4,6,8,10,13,15-16,18H,2-3,5,7,9,11-12H2,1H3. The van der Waals surface area contributed by atoms with Crippen molar-refractivity contribution in [2.75, 3.05) is 6.54 Å². The summed E-state index contributed by atoms with van der Waals surface area (Å²) in [6.07, 6.45) is 8.38. The first-order valence-electron chi connectivity index (χ1n) is 7.84. The Morgan fingerprint density at radius 2 is 2.05 bits per heavy atom. The Morgan fingerprint density at radius 1 is 1.21 bits per heavy atom. The molecule has 0 aromatic heterocycles. The number of hydrogen-bond donors (Lipinski definition) is 1. The molecule has 3 atom stereocenters. The second kappa shape index (κ2) is 6.32. The maximum absolute atomic E-state index is 3.72. The van der Waals surface area contributed by atoms with Crippen LogP contribution in [0.3, 0.4) is 0 Å². The Morgan fingerprint density at radius 3 is 2.89 bits per heavy atom. The molecule has 0 saturated heterocycles. The van der Waals surface area contributed by atoms with Gasteiger partial charge in [0.1, 0.15) is 0 Å². The Balaban J connectivity index is 1.60. The van der Waals surface area contributed by atoms with E-state index in [1.54, 1.807) is 5.56 Å². The van der Waals surface area contributed by atoms with Crippen molar-refractivity contribution in [3.05, 3.63) is 29.8 Å². The summed E-state index contributed by atoms with van der Waals surface area (Å²) in [5.74, 6) is 0.903. The highest BCUT2D eigenvalue weighted by atomic mass is 32.2. The van der Waals surface area contributed by atoms with Crippen LogP contribution in [0.2, 0.25) is 0 Å². The Bertz CT molecular complexity index is 390. The van der Waals surface area contributed by atoms with Crippen molar-refractivity contribution in [2.45, 2.75) is 61.6 Å². The summed E-state index contributed by atoms with van der Waals surface area (Å²) in [6, 6.07) is 9.75. The van der Waals surface area contributed by atoms with Gasteiger partial charge in [0.25, 0.3) is 0 Å². The molecule has 1 fully saturated rings. The van der Waals surface area contributed by atoms with E-state index >= 15 is 0 Å². The number of fused-ring (bicyclic) bond motifs is 1. The summed E-state index contributed by atoms with van der Waals surface area (Å²) in [7, 11) is 0.